The molecule has 0 spiro atoms. The van der Waals surface area contributed by atoms with Gasteiger partial charge in [-0.05, 0) is 19.0 Å². The highest BCUT2D eigenvalue weighted by Crippen LogP contribution is 2.17. The molecule has 0 unspecified atom stereocenters. The van der Waals surface area contributed by atoms with E-state index in [1.165, 1.54) is 6.04 Å². The molecule has 0 aromatic carbocycles. The molecule has 0 bridgehead atoms. The summed E-state index contributed by atoms with van der Waals surface area (Å²) in [4.78, 5) is 8.60. The van der Waals surface area contributed by atoms with Crippen LogP contribution in [0.25, 0.3) is 11.2 Å². The Balaban J connectivity index is 2.06. The van der Waals surface area contributed by atoms with Gasteiger partial charge in [-0.2, -0.15) is 0 Å². The summed E-state index contributed by atoms with van der Waals surface area (Å²) in [5.41, 5.74) is 8.39. The summed E-state index contributed by atoms with van der Waals surface area (Å²) in [6.07, 6.45) is 1.58. The fourth-order valence-corrected chi connectivity index (χ4v) is 2.61. The third kappa shape index (κ3) is 3.54. The first-order valence-corrected chi connectivity index (χ1v) is 10.2. The Morgan fingerprint density at radius 3 is 2.79 bits per heavy atom. The molecule has 0 aliphatic heterocycles. The van der Waals surface area contributed by atoms with Crippen molar-refractivity contribution in [2.24, 2.45) is 0 Å². The molecule has 104 valence electrons. The number of aromatic nitrogens is 3. The standard InChI is InChI=1S/C13H22N4OSi/c1-10-7-11-13(15-8-12(14)16-11)17(10)9-18-5-6-19(2,3)4/h7-8H,5-6,9H2,1-4H3,(H2,14,16). The molecular weight excluding hydrogens is 256 g/mol. The third-order valence-corrected chi connectivity index (χ3v) is 4.75. The molecule has 2 rings (SSSR count). The first-order chi connectivity index (χ1) is 8.87. The normalized spacial score (nSPS) is 12.2. The number of rotatable bonds is 5. The number of fused-ring (bicyclic) bond motifs is 1. The highest BCUT2D eigenvalue weighted by molar-refractivity contribution is 6.76. The van der Waals surface area contributed by atoms with Gasteiger partial charge in [0.05, 0.1) is 6.20 Å². The zero-order chi connectivity index (χ0) is 14.0. The Labute approximate surface area is 114 Å². The number of ether oxygens (including phenoxy) is 1. The lowest BCUT2D eigenvalue weighted by Gasteiger charge is -2.16. The largest absolute Gasteiger partial charge is 0.382 e. The number of hydrogen-bond acceptors (Lipinski definition) is 4. The number of nitrogens with zero attached hydrogens (tertiary/aromatic N) is 3. The molecule has 2 aromatic heterocycles. The first-order valence-electron chi connectivity index (χ1n) is 6.53. The van der Waals surface area contributed by atoms with Crippen LogP contribution in [0.4, 0.5) is 5.82 Å². The van der Waals surface area contributed by atoms with Crippen LogP contribution < -0.4 is 5.73 Å². The van der Waals surface area contributed by atoms with E-state index in [-0.39, 0.29) is 0 Å². The van der Waals surface area contributed by atoms with E-state index in [2.05, 4.69) is 29.6 Å². The topological polar surface area (TPSA) is 66.0 Å². The highest BCUT2D eigenvalue weighted by atomic mass is 28.3. The van der Waals surface area contributed by atoms with Crippen LogP contribution >= 0.6 is 0 Å². The minimum absolute atomic E-state index is 0.448. The Bertz CT molecular complexity index is 574. The Morgan fingerprint density at radius 1 is 1.37 bits per heavy atom. The van der Waals surface area contributed by atoms with Gasteiger partial charge in [0.1, 0.15) is 18.1 Å². The van der Waals surface area contributed by atoms with Crippen molar-refractivity contribution in [2.45, 2.75) is 39.3 Å². The predicted molar refractivity (Wildman–Crippen MR) is 80.8 cm³/mol. The number of hydrogen-bond donors (Lipinski definition) is 1. The minimum Gasteiger partial charge on any atom is -0.382 e. The van der Waals surface area contributed by atoms with Crippen molar-refractivity contribution in [1.82, 2.24) is 14.5 Å². The van der Waals surface area contributed by atoms with Gasteiger partial charge in [0.2, 0.25) is 0 Å². The molecule has 0 saturated carbocycles. The van der Waals surface area contributed by atoms with Gasteiger partial charge in [0, 0.05) is 20.4 Å². The maximum Gasteiger partial charge on any atom is 0.160 e. The van der Waals surface area contributed by atoms with Gasteiger partial charge in [-0.1, -0.05) is 19.6 Å². The number of anilines is 1. The van der Waals surface area contributed by atoms with Crippen molar-refractivity contribution in [2.75, 3.05) is 12.3 Å². The molecule has 0 aliphatic carbocycles. The summed E-state index contributed by atoms with van der Waals surface area (Å²) < 4.78 is 7.81. The van der Waals surface area contributed by atoms with Gasteiger partial charge in [0.25, 0.3) is 0 Å². The van der Waals surface area contributed by atoms with Crippen LogP contribution in [0, 0.1) is 6.92 Å². The van der Waals surface area contributed by atoms with Crippen LogP contribution in [0.2, 0.25) is 25.7 Å². The fraction of sp³-hybridized carbons (Fsp3) is 0.538. The summed E-state index contributed by atoms with van der Waals surface area (Å²) in [7, 11) is -1.03. The van der Waals surface area contributed by atoms with E-state index in [1.807, 2.05) is 17.6 Å². The SMILES string of the molecule is Cc1cc2nc(N)cnc2n1COCC[Si](C)(C)C. The van der Waals surface area contributed by atoms with Crippen molar-refractivity contribution in [1.29, 1.82) is 0 Å². The van der Waals surface area contributed by atoms with Crippen molar-refractivity contribution in [3.8, 4) is 0 Å². The molecule has 0 aliphatic rings. The monoisotopic (exact) mass is 278 g/mol. The zero-order valence-corrected chi connectivity index (χ0v) is 13.1. The summed E-state index contributed by atoms with van der Waals surface area (Å²) in [6, 6.07) is 3.16. The van der Waals surface area contributed by atoms with Crippen LogP contribution in [-0.4, -0.2) is 29.2 Å². The van der Waals surface area contributed by atoms with Crippen LogP contribution in [0.1, 0.15) is 5.69 Å². The molecule has 0 amide bonds. The fourth-order valence-electron chi connectivity index (χ4n) is 1.86. The molecule has 6 heteroatoms. The number of nitrogen functional groups attached to an aromatic ring is 1. The predicted octanol–water partition coefficient (Wildman–Crippen LogP) is 2.63. The Morgan fingerprint density at radius 2 is 2.11 bits per heavy atom. The Hall–Kier alpha value is -1.40. The van der Waals surface area contributed by atoms with Crippen molar-refractivity contribution in [3.63, 3.8) is 0 Å². The molecular formula is C13H22N4OSi. The van der Waals surface area contributed by atoms with E-state index in [0.717, 1.165) is 23.5 Å². The quantitative estimate of drug-likeness (QED) is 0.674. The average Bonchev–Trinajstić information content (AvgIpc) is 2.58. The third-order valence-electron chi connectivity index (χ3n) is 3.04. The molecule has 0 atom stereocenters. The van der Waals surface area contributed by atoms with E-state index >= 15 is 0 Å². The van der Waals surface area contributed by atoms with Crippen molar-refractivity contribution >= 4 is 25.1 Å². The smallest absolute Gasteiger partial charge is 0.160 e. The maximum absolute atomic E-state index is 5.77. The second-order valence-corrected chi connectivity index (χ2v) is 11.7. The first kappa shape index (κ1) is 14.0. The molecule has 19 heavy (non-hydrogen) atoms. The van der Waals surface area contributed by atoms with E-state index in [4.69, 9.17) is 10.5 Å². The molecule has 0 fully saturated rings. The molecule has 2 N–H and O–H groups in total. The molecule has 2 heterocycles. The minimum atomic E-state index is -1.03. The average molecular weight is 278 g/mol. The van der Waals surface area contributed by atoms with Gasteiger partial charge in [-0.25, -0.2) is 9.97 Å². The zero-order valence-electron chi connectivity index (χ0n) is 12.1. The summed E-state index contributed by atoms with van der Waals surface area (Å²) in [5.74, 6) is 0.448. The molecule has 2 aromatic rings. The van der Waals surface area contributed by atoms with E-state index in [9.17, 15) is 0 Å². The van der Waals surface area contributed by atoms with E-state index in [0.29, 0.717) is 12.5 Å². The van der Waals surface area contributed by atoms with Gasteiger partial charge in [-0.15, -0.1) is 0 Å². The molecule has 0 radical (unpaired) electrons. The number of aryl methyl sites for hydroxylation is 1. The number of nitrogens with two attached hydrogens (primary N) is 1. The Kier molecular flexibility index (Phi) is 3.91. The van der Waals surface area contributed by atoms with Gasteiger partial charge < -0.3 is 15.0 Å². The van der Waals surface area contributed by atoms with Gasteiger partial charge in [-0.3, -0.25) is 0 Å². The van der Waals surface area contributed by atoms with E-state index < -0.39 is 8.07 Å². The summed E-state index contributed by atoms with van der Waals surface area (Å²) in [5, 5.41) is 0. The van der Waals surface area contributed by atoms with Crippen molar-refractivity contribution < 1.29 is 4.74 Å². The van der Waals surface area contributed by atoms with E-state index in [1.54, 1.807) is 6.20 Å². The highest BCUT2D eigenvalue weighted by Gasteiger charge is 2.13. The van der Waals surface area contributed by atoms with Crippen LogP contribution in [-0.2, 0) is 11.5 Å². The molecule has 5 nitrogen and oxygen atoms in total. The lowest BCUT2D eigenvalue weighted by molar-refractivity contribution is 0.0886. The van der Waals surface area contributed by atoms with Gasteiger partial charge >= 0.3 is 0 Å². The maximum atomic E-state index is 5.77. The summed E-state index contributed by atoms with van der Waals surface area (Å²) >= 11 is 0. The second-order valence-electron chi connectivity index (χ2n) is 6.07. The van der Waals surface area contributed by atoms with Crippen LogP contribution in [0.3, 0.4) is 0 Å². The van der Waals surface area contributed by atoms with Crippen LogP contribution in [0.5, 0.6) is 0 Å². The summed E-state index contributed by atoms with van der Waals surface area (Å²) in [6.45, 7) is 10.4. The molecule has 0 saturated heterocycles. The van der Waals surface area contributed by atoms with Gasteiger partial charge in [0.15, 0.2) is 5.65 Å². The second kappa shape index (κ2) is 5.30. The lowest BCUT2D eigenvalue weighted by atomic mass is 10.4. The van der Waals surface area contributed by atoms with Crippen LogP contribution in [0.15, 0.2) is 12.3 Å². The lowest BCUT2D eigenvalue weighted by Crippen LogP contribution is -2.22. The van der Waals surface area contributed by atoms with Crippen molar-refractivity contribution in [3.05, 3.63) is 18.0 Å².